The van der Waals surface area contributed by atoms with Crippen LogP contribution in [-0.4, -0.2) is 26.7 Å². The van der Waals surface area contributed by atoms with Crippen molar-refractivity contribution in [2.24, 2.45) is 0 Å². The first-order chi connectivity index (χ1) is 12.1. The Bertz CT molecular complexity index is 889. The molecule has 2 N–H and O–H groups in total. The third-order valence-corrected chi connectivity index (χ3v) is 4.12. The lowest BCUT2D eigenvalue weighted by molar-refractivity contribution is 0.405. The van der Waals surface area contributed by atoms with E-state index in [4.69, 9.17) is 27.2 Å². The number of nitrogens with zero attached hydrogens (tertiary/aromatic N) is 4. The van der Waals surface area contributed by atoms with Crippen LogP contribution in [0.5, 0.6) is 5.75 Å². The molecule has 1 saturated carbocycles. The van der Waals surface area contributed by atoms with Crippen LogP contribution in [0.3, 0.4) is 0 Å². The maximum Gasteiger partial charge on any atom is 0.157 e. The van der Waals surface area contributed by atoms with Gasteiger partial charge in [0, 0.05) is 12.0 Å². The molecule has 1 aliphatic carbocycles. The van der Waals surface area contributed by atoms with Crippen LogP contribution in [0.4, 0.5) is 5.82 Å². The summed E-state index contributed by atoms with van der Waals surface area (Å²) in [5, 5.41) is 5.15. The lowest BCUT2D eigenvalue weighted by atomic mass is 10.2. The van der Waals surface area contributed by atoms with E-state index in [9.17, 15) is 0 Å². The molecule has 3 aromatic rings. The summed E-state index contributed by atoms with van der Waals surface area (Å²) in [6.45, 7) is 4.25. The molecular weight excluding hydrogens is 338 g/mol. The van der Waals surface area contributed by atoms with Gasteiger partial charge >= 0.3 is 0 Å². The predicted molar refractivity (Wildman–Crippen MR) is 100 cm³/mol. The Morgan fingerprint density at radius 1 is 1.32 bits per heavy atom. The van der Waals surface area contributed by atoms with Crippen molar-refractivity contribution in [3.05, 3.63) is 35.1 Å². The third-order valence-electron chi connectivity index (χ3n) is 3.80. The molecule has 0 aromatic carbocycles. The molecule has 0 radical (unpaired) electrons. The molecule has 25 heavy (non-hydrogen) atoms. The standard InChI is InChI=1S/C15H14ClN5O.C3H8/c1-22-12-6-13-18-7-11(10-5-4-9(16)15(17)19-10)21(13)20-14(12)8-2-3-8;1-3-2/h4-8H,2-3H2,1H3,(H2,17,19);3H2,1-2H3. The van der Waals surface area contributed by atoms with Gasteiger partial charge in [0.25, 0.3) is 0 Å². The van der Waals surface area contributed by atoms with Gasteiger partial charge in [0.2, 0.25) is 0 Å². The Morgan fingerprint density at radius 3 is 2.64 bits per heavy atom. The summed E-state index contributed by atoms with van der Waals surface area (Å²) in [6, 6.07) is 5.44. The van der Waals surface area contributed by atoms with Crippen molar-refractivity contribution in [1.29, 1.82) is 0 Å². The van der Waals surface area contributed by atoms with Crippen LogP contribution in [0.1, 0.15) is 44.7 Å². The molecule has 0 atom stereocenters. The van der Waals surface area contributed by atoms with Gasteiger partial charge in [-0.1, -0.05) is 31.9 Å². The quantitative estimate of drug-likeness (QED) is 0.753. The van der Waals surface area contributed by atoms with Crippen LogP contribution in [0.2, 0.25) is 5.02 Å². The highest BCUT2D eigenvalue weighted by Crippen LogP contribution is 2.43. The minimum atomic E-state index is 0.296. The molecule has 1 aliphatic rings. The van der Waals surface area contributed by atoms with Crippen molar-refractivity contribution in [2.75, 3.05) is 12.8 Å². The van der Waals surface area contributed by atoms with Gasteiger partial charge in [-0.05, 0) is 25.0 Å². The van der Waals surface area contributed by atoms with E-state index in [0.29, 0.717) is 28.1 Å². The van der Waals surface area contributed by atoms with Gasteiger partial charge in [-0.15, -0.1) is 0 Å². The smallest absolute Gasteiger partial charge is 0.157 e. The van der Waals surface area contributed by atoms with Crippen molar-refractivity contribution < 1.29 is 4.74 Å². The second-order valence-corrected chi connectivity index (χ2v) is 6.46. The van der Waals surface area contributed by atoms with Crippen molar-refractivity contribution in [1.82, 2.24) is 19.6 Å². The molecule has 1 fully saturated rings. The molecule has 0 saturated heterocycles. The van der Waals surface area contributed by atoms with E-state index >= 15 is 0 Å². The molecule has 0 spiro atoms. The van der Waals surface area contributed by atoms with E-state index in [1.807, 2.05) is 12.1 Å². The highest BCUT2D eigenvalue weighted by atomic mass is 35.5. The first-order valence-electron chi connectivity index (χ1n) is 8.44. The molecule has 132 valence electrons. The van der Waals surface area contributed by atoms with Crippen LogP contribution in [0.15, 0.2) is 24.4 Å². The number of halogens is 1. The number of pyridine rings is 1. The maximum atomic E-state index is 5.93. The molecule has 0 amide bonds. The summed E-state index contributed by atoms with van der Waals surface area (Å²) in [5.74, 6) is 1.55. The second kappa shape index (κ2) is 7.27. The average Bonchev–Trinajstić information content (AvgIpc) is 3.37. The van der Waals surface area contributed by atoms with Gasteiger partial charge in [-0.25, -0.2) is 14.5 Å². The molecule has 3 heterocycles. The highest BCUT2D eigenvalue weighted by molar-refractivity contribution is 6.32. The Labute approximate surface area is 152 Å². The van der Waals surface area contributed by atoms with E-state index < -0.39 is 0 Å². The van der Waals surface area contributed by atoms with Gasteiger partial charge in [0.1, 0.15) is 23.0 Å². The lowest BCUT2D eigenvalue weighted by Gasteiger charge is -2.08. The number of fused-ring (bicyclic) bond motifs is 1. The van der Waals surface area contributed by atoms with Gasteiger partial charge in [0.15, 0.2) is 5.65 Å². The van der Waals surface area contributed by atoms with Crippen LogP contribution in [0.25, 0.3) is 17.0 Å². The zero-order valence-corrected chi connectivity index (χ0v) is 15.4. The topological polar surface area (TPSA) is 78.3 Å². The van der Waals surface area contributed by atoms with Crippen molar-refractivity contribution >= 4 is 23.1 Å². The van der Waals surface area contributed by atoms with E-state index in [2.05, 4.69) is 23.8 Å². The number of aromatic nitrogens is 4. The van der Waals surface area contributed by atoms with E-state index in [-0.39, 0.29) is 0 Å². The number of rotatable bonds is 3. The fraction of sp³-hybridized carbons (Fsp3) is 0.389. The molecule has 7 heteroatoms. The minimum Gasteiger partial charge on any atom is -0.495 e. The monoisotopic (exact) mass is 359 g/mol. The minimum absolute atomic E-state index is 0.296. The molecule has 0 bridgehead atoms. The molecule has 3 aromatic heterocycles. The molecule has 0 aliphatic heterocycles. The number of hydrogen-bond donors (Lipinski definition) is 1. The number of anilines is 1. The van der Waals surface area contributed by atoms with E-state index in [1.54, 1.807) is 23.9 Å². The van der Waals surface area contributed by atoms with Crippen molar-refractivity contribution in [3.63, 3.8) is 0 Å². The summed E-state index contributed by atoms with van der Waals surface area (Å²) >= 11 is 5.93. The van der Waals surface area contributed by atoms with Gasteiger partial charge in [0.05, 0.1) is 24.0 Å². The highest BCUT2D eigenvalue weighted by Gasteiger charge is 2.29. The van der Waals surface area contributed by atoms with Gasteiger partial charge < -0.3 is 10.5 Å². The van der Waals surface area contributed by atoms with Crippen LogP contribution in [0, 0.1) is 0 Å². The SMILES string of the molecule is CCC.COc1cc2ncc(-c3ccc(Cl)c(N)n3)n2nc1C1CC1. The predicted octanol–water partition coefficient (Wildman–Crippen LogP) is 4.33. The average molecular weight is 360 g/mol. The van der Waals surface area contributed by atoms with E-state index in [0.717, 1.165) is 30.0 Å². The largest absolute Gasteiger partial charge is 0.495 e. The first kappa shape index (κ1) is 17.5. The fourth-order valence-electron chi connectivity index (χ4n) is 2.49. The maximum absolute atomic E-state index is 5.93. The number of nitrogens with two attached hydrogens (primary N) is 1. The number of methoxy groups -OCH3 is 1. The Hall–Kier alpha value is -2.34. The number of ether oxygens (including phenoxy) is 1. The summed E-state index contributed by atoms with van der Waals surface area (Å²) in [5.41, 5.74) is 8.94. The Morgan fingerprint density at radius 2 is 2.04 bits per heavy atom. The Kier molecular flexibility index (Phi) is 5.08. The molecule has 4 rings (SSSR count). The first-order valence-corrected chi connectivity index (χ1v) is 8.81. The van der Waals surface area contributed by atoms with Crippen LogP contribution < -0.4 is 10.5 Å². The zero-order valence-electron chi connectivity index (χ0n) is 14.7. The summed E-state index contributed by atoms with van der Waals surface area (Å²) < 4.78 is 7.22. The van der Waals surface area contributed by atoms with Gasteiger partial charge in [-0.3, -0.25) is 0 Å². The molecular formula is C18H22ClN5O. The Balaban J connectivity index is 0.000000569. The summed E-state index contributed by atoms with van der Waals surface area (Å²) in [6.07, 6.45) is 5.27. The summed E-state index contributed by atoms with van der Waals surface area (Å²) in [7, 11) is 1.66. The molecule has 0 unspecified atom stereocenters. The number of imidazole rings is 1. The van der Waals surface area contributed by atoms with Gasteiger partial charge in [-0.2, -0.15) is 5.10 Å². The zero-order chi connectivity index (χ0) is 18.0. The van der Waals surface area contributed by atoms with E-state index in [1.165, 1.54) is 6.42 Å². The second-order valence-electron chi connectivity index (χ2n) is 6.06. The summed E-state index contributed by atoms with van der Waals surface area (Å²) in [4.78, 5) is 8.70. The number of nitrogen functional groups attached to an aromatic ring is 1. The normalized spacial score (nSPS) is 13.4. The molecule has 6 nitrogen and oxygen atoms in total. The van der Waals surface area contributed by atoms with Crippen LogP contribution in [-0.2, 0) is 0 Å². The number of hydrogen-bond acceptors (Lipinski definition) is 5. The third kappa shape index (κ3) is 3.54. The van der Waals surface area contributed by atoms with Crippen molar-refractivity contribution in [2.45, 2.75) is 39.0 Å². The fourth-order valence-corrected chi connectivity index (χ4v) is 2.60. The van der Waals surface area contributed by atoms with Crippen molar-refractivity contribution in [3.8, 4) is 17.1 Å². The lowest BCUT2D eigenvalue weighted by Crippen LogP contribution is -2.03. The van der Waals surface area contributed by atoms with Crippen LogP contribution >= 0.6 is 11.6 Å².